The maximum absolute atomic E-state index is 8.85. The van der Waals surface area contributed by atoms with Gasteiger partial charge < -0.3 is 9.64 Å². The molecule has 1 aliphatic rings. The van der Waals surface area contributed by atoms with Crippen molar-refractivity contribution in [2.75, 3.05) is 24.6 Å². The van der Waals surface area contributed by atoms with Crippen molar-refractivity contribution >= 4 is 17.3 Å². The van der Waals surface area contributed by atoms with Crippen LogP contribution >= 0.6 is 11.6 Å². The Kier molecular flexibility index (Phi) is 3.33. The number of hydrogen-bond donors (Lipinski definition) is 0. The Balaban J connectivity index is 2.24. The number of rotatable bonds is 1. The molecule has 1 aromatic rings. The number of halogens is 1. The van der Waals surface area contributed by atoms with Crippen LogP contribution in [0.5, 0.6) is 0 Å². The quantitative estimate of drug-likeness (QED) is 0.751. The smallest absolute Gasteiger partial charge is 0.161 e. The number of ether oxygens (including phenoxy) is 1. The van der Waals surface area contributed by atoms with Gasteiger partial charge in [0.05, 0.1) is 19.2 Å². The molecule has 2 rings (SSSR count). The van der Waals surface area contributed by atoms with E-state index >= 15 is 0 Å². The van der Waals surface area contributed by atoms with Crippen molar-refractivity contribution in [3.05, 3.63) is 28.8 Å². The SMILES string of the molecule is Cc1c(Cl)cccc1N1CCOC(C#N)C1. The summed E-state index contributed by atoms with van der Waals surface area (Å²) in [5.74, 6) is 0. The minimum absolute atomic E-state index is 0.341. The Morgan fingerprint density at radius 2 is 2.38 bits per heavy atom. The molecular weight excluding hydrogens is 224 g/mol. The van der Waals surface area contributed by atoms with Gasteiger partial charge in [-0.2, -0.15) is 5.26 Å². The van der Waals surface area contributed by atoms with Gasteiger partial charge in [0.25, 0.3) is 0 Å². The van der Waals surface area contributed by atoms with Crippen LogP contribution < -0.4 is 4.90 Å². The molecule has 0 spiro atoms. The Hall–Kier alpha value is -1.24. The number of benzene rings is 1. The summed E-state index contributed by atoms with van der Waals surface area (Å²) < 4.78 is 5.31. The molecule has 1 aromatic carbocycles. The Bertz CT molecular complexity index is 428. The second-order valence-corrected chi connectivity index (χ2v) is 4.23. The molecule has 0 amide bonds. The lowest BCUT2D eigenvalue weighted by Gasteiger charge is -2.32. The van der Waals surface area contributed by atoms with Gasteiger partial charge in [-0.15, -0.1) is 0 Å². The summed E-state index contributed by atoms with van der Waals surface area (Å²) >= 11 is 6.08. The topological polar surface area (TPSA) is 36.3 Å². The van der Waals surface area contributed by atoms with E-state index < -0.39 is 0 Å². The van der Waals surface area contributed by atoms with E-state index in [4.69, 9.17) is 21.6 Å². The lowest BCUT2D eigenvalue weighted by molar-refractivity contribution is 0.0764. The molecule has 1 heterocycles. The average Bonchev–Trinajstić information content (AvgIpc) is 2.33. The molecule has 0 saturated carbocycles. The summed E-state index contributed by atoms with van der Waals surface area (Å²) in [6, 6.07) is 7.98. The van der Waals surface area contributed by atoms with Gasteiger partial charge >= 0.3 is 0 Å². The van der Waals surface area contributed by atoms with Crippen LogP contribution in [0, 0.1) is 18.3 Å². The average molecular weight is 237 g/mol. The predicted molar refractivity (Wildman–Crippen MR) is 63.8 cm³/mol. The van der Waals surface area contributed by atoms with Crippen LogP contribution in [0.2, 0.25) is 5.02 Å². The van der Waals surface area contributed by atoms with Gasteiger partial charge in [-0.25, -0.2) is 0 Å². The van der Waals surface area contributed by atoms with Crippen LogP contribution in [0.15, 0.2) is 18.2 Å². The van der Waals surface area contributed by atoms with E-state index in [9.17, 15) is 0 Å². The summed E-state index contributed by atoms with van der Waals surface area (Å²) in [7, 11) is 0. The maximum atomic E-state index is 8.85. The van der Waals surface area contributed by atoms with E-state index in [2.05, 4.69) is 11.0 Å². The van der Waals surface area contributed by atoms with E-state index in [1.807, 2.05) is 25.1 Å². The monoisotopic (exact) mass is 236 g/mol. The third-order valence-corrected chi connectivity index (χ3v) is 3.20. The number of morpholine rings is 1. The normalized spacial score (nSPS) is 20.6. The molecule has 1 aliphatic heterocycles. The van der Waals surface area contributed by atoms with Crippen LogP contribution in [0.1, 0.15) is 5.56 Å². The molecule has 0 aliphatic carbocycles. The zero-order chi connectivity index (χ0) is 11.5. The van der Waals surface area contributed by atoms with E-state index in [-0.39, 0.29) is 6.10 Å². The molecule has 84 valence electrons. The van der Waals surface area contributed by atoms with Crippen LogP contribution in [-0.2, 0) is 4.74 Å². The first-order valence-electron chi connectivity index (χ1n) is 5.23. The molecule has 1 atom stereocenters. The molecule has 3 nitrogen and oxygen atoms in total. The first kappa shape index (κ1) is 11.3. The first-order valence-corrected chi connectivity index (χ1v) is 5.61. The van der Waals surface area contributed by atoms with E-state index in [1.165, 1.54) is 0 Å². The van der Waals surface area contributed by atoms with Crippen LogP contribution in [0.3, 0.4) is 0 Å². The molecule has 0 bridgehead atoms. The zero-order valence-electron chi connectivity index (χ0n) is 9.11. The minimum atomic E-state index is -0.341. The molecule has 0 aromatic heterocycles. The van der Waals surface area contributed by atoms with Gasteiger partial charge in [0.15, 0.2) is 6.10 Å². The van der Waals surface area contributed by atoms with E-state index in [0.29, 0.717) is 13.2 Å². The summed E-state index contributed by atoms with van der Waals surface area (Å²) in [6.45, 7) is 4.00. The zero-order valence-corrected chi connectivity index (χ0v) is 9.87. The number of nitrogens with zero attached hydrogens (tertiary/aromatic N) is 2. The lowest BCUT2D eigenvalue weighted by atomic mass is 10.1. The highest BCUT2D eigenvalue weighted by atomic mass is 35.5. The van der Waals surface area contributed by atoms with E-state index in [0.717, 1.165) is 22.8 Å². The fourth-order valence-electron chi connectivity index (χ4n) is 1.88. The molecule has 1 fully saturated rings. The molecule has 16 heavy (non-hydrogen) atoms. The Morgan fingerprint density at radius 3 is 3.12 bits per heavy atom. The maximum Gasteiger partial charge on any atom is 0.161 e. The van der Waals surface area contributed by atoms with Crippen molar-refractivity contribution < 1.29 is 4.74 Å². The lowest BCUT2D eigenvalue weighted by Crippen LogP contribution is -2.42. The van der Waals surface area contributed by atoms with Crippen molar-refractivity contribution in [3.8, 4) is 6.07 Å². The number of anilines is 1. The number of hydrogen-bond acceptors (Lipinski definition) is 3. The summed E-state index contributed by atoms with van der Waals surface area (Å²) in [4.78, 5) is 2.15. The van der Waals surface area contributed by atoms with Crippen LogP contribution in [0.25, 0.3) is 0 Å². The summed E-state index contributed by atoms with van der Waals surface area (Å²) in [6.07, 6.45) is -0.341. The highest BCUT2D eigenvalue weighted by Gasteiger charge is 2.21. The standard InChI is InChI=1S/C12H13ClN2O/c1-9-11(13)3-2-4-12(9)15-5-6-16-10(7-14)8-15/h2-4,10H,5-6,8H2,1H3. The molecule has 4 heteroatoms. The highest BCUT2D eigenvalue weighted by Crippen LogP contribution is 2.27. The Labute approximate surface area is 100 Å². The molecule has 0 radical (unpaired) electrons. The Morgan fingerprint density at radius 1 is 1.56 bits per heavy atom. The van der Waals surface area contributed by atoms with Crippen molar-refractivity contribution in [2.24, 2.45) is 0 Å². The fraction of sp³-hybridized carbons (Fsp3) is 0.417. The minimum Gasteiger partial charge on any atom is -0.365 e. The van der Waals surface area contributed by atoms with Crippen LogP contribution in [0.4, 0.5) is 5.69 Å². The fourth-order valence-corrected chi connectivity index (χ4v) is 2.05. The summed E-state index contributed by atoms with van der Waals surface area (Å²) in [5.41, 5.74) is 2.15. The molecular formula is C12H13ClN2O. The highest BCUT2D eigenvalue weighted by molar-refractivity contribution is 6.31. The number of nitriles is 1. The third-order valence-electron chi connectivity index (χ3n) is 2.79. The van der Waals surface area contributed by atoms with Crippen molar-refractivity contribution in [2.45, 2.75) is 13.0 Å². The second kappa shape index (κ2) is 4.73. The van der Waals surface area contributed by atoms with Crippen molar-refractivity contribution in [1.29, 1.82) is 5.26 Å². The van der Waals surface area contributed by atoms with Gasteiger partial charge in [-0.1, -0.05) is 17.7 Å². The summed E-state index contributed by atoms with van der Waals surface area (Å²) in [5, 5.41) is 9.61. The van der Waals surface area contributed by atoms with Gasteiger partial charge in [-0.05, 0) is 24.6 Å². The second-order valence-electron chi connectivity index (χ2n) is 3.82. The van der Waals surface area contributed by atoms with Gasteiger partial charge in [0, 0.05) is 17.3 Å². The molecule has 1 saturated heterocycles. The van der Waals surface area contributed by atoms with Crippen molar-refractivity contribution in [1.82, 2.24) is 0 Å². The third kappa shape index (κ3) is 2.13. The van der Waals surface area contributed by atoms with Crippen LogP contribution in [-0.4, -0.2) is 25.8 Å². The van der Waals surface area contributed by atoms with Gasteiger partial charge in [-0.3, -0.25) is 0 Å². The van der Waals surface area contributed by atoms with Gasteiger partial charge in [0.1, 0.15) is 0 Å². The molecule has 1 unspecified atom stereocenters. The van der Waals surface area contributed by atoms with Crippen molar-refractivity contribution in [3.63, 3.8) is 0 Å². The largest absolute Gasteiger partial charge is 0.365 e. The first-order chi connectivity index (χ1) is 7.72. The van der Waals surface area contributed by atoms with Gasteiger partial charge in [0.2, 0.25) is 0 Å². The van der Waals surface area contributed by atoms with E-state index in [1.54, 1.807) is 0 Å². The predicted octanol–water partition coefficient (Wildman–Crippen LogP) is 2.38. The molecule has 0 N–H and O–H groups in total.